The van der Waals surface area contributed by atoms with Gasteiger partial charge >= 0.3 is 0 Å². The molecule has 0 aliphatic heterocycles. The molecule has 0 heterocycles. The Hall–Kier alpha value is -0.400. The van der Waals surface area contributed by atoms with Gasteiger partial charge in [-0.1, -0.05) is 13.8 Å². The minimum absolute atomic E-state index is 0.0637. The van der Waals surface area contributed by atoms with E-state index in [-0.39, 0.29) is 17.6 Å². The lowest BCUT2D eigenvalue weighted by atomic mass is 9.71. The number of carbonyl (C=O) groups is 1. The summed E-state index contributed by atoms with van der Waals surface area (Å²) in [6.45, 7) is 5.30. The summed E-state index contributed by atoms with van der Waals surface area (Å²) in [6.07, 6.45) is 1.30. The van der Waals surface area contributed by atoms with Crippen molar-refractivity contribution in [2.45, 2.75) is 45.7 Å². The normalized spacial score (nSPS) is 37.3. The summed E-state index contributed by atoms with van der Waals surface area (Å²) < 4.78 is 13.2. The Morgan fingerprint density at radius 3 is 2.18 bits per heavy atom. The second-order valence-electron chi connectivity index (χ2n) is 4.40. The van der Waals surface area contributed by atoms with Gasteiger partial charge in [0, 0.05) is 11.8 Å². The smallest absolute Gasteiger partial charge is 0.141 e. The molecule has 64 valence electrons. The molecule has 1 rings (SSSR count). The van der Waals surface area contributed by atoms with Gasteiger partial charge in [-0.05, 0) is 19.8 Å². The average molecular weight is 158 g/mol. The summed E-state index contributed by atoms with van der Waals surface area (Å²) in [4.78, 5) is 11.3. The van der Waals surface area contributed by atoms with E-state index in [1.54, 1.807) is 0 Å². The fourth-order valence-electron chi connectivity index (χ4n) is 1.37. The molecular weight excluding hydrogens is 143 g/mol. The van der Waals surface area contributed by atoms with Crippen molar-refractivity contribution in [3.8, 4) is 0 Å². The maximum absolute atomic E-state index is 13.2. The topological polar surface area (TPSA) is 17.1 Å². The zero-order valence-electron chi connectivity index (χ0n) is 7.41. The van der Waals surface area contributed by atoms with Gasteiger partial charge < -0.3 is 0 Å². The van der Waals surface area contributed by atoms with E-state index < -0.39 is 5.67 Å². The first-order valence-electron chi connectivity index (χ1n) is 4.06. The van der Waals surface area contributed by atoms with Crippen LogP contribution < -0.4 is 0 Å². The molecule has 0 aromatic carbocycles. The van der Waals surface area contributed by atoms with Crippen molar-refractivity contribution in [2.24, 2.45) is 5.41 Å². The molecule has 0 saturated heterocycles. The van der Waals surface area contributed by atoms with Crippen LogP contribution in [0.3, 0.4) is 0 Å². The standard InChI is InChI=1S/C9H15FO/c1-8(2)4-5-9(3,10)6-7(8)11/h4-6H2,1-3H3. The predicted octanol–water partition coefficient (Wildman–Crippen LogP) is 2.49. The number of Topliss-reactive ketones (excluding diaryl/α,β-unsaturated/α-hetero) is 1. The van der Waals surface area contributed by atoms with Crippen LogP contribution in [0, 0.1) is 5.41 Å². The second-order valence-corrected chi connectivity index (χ2v) is 4.40. The molecule has 1 nitrogen and oxygen atoms in total. The lowest BCUT2D eigenvalue weighted by molar-refractivity contribution is -0.134. The van der Waals surface area contributed by atoms with Crippen molar-refractivity contribution < 1.29 is 9.18 Å². The van der Waals surface area contributed by atoms with Gasteiger partial charge in [0.25, 0.3) is 0 Å². The van der Waals surface area contributed by atoms with E-state index in [2.05, 4.69) is 0 Å². The van der Waals surface area contributed by atoms with Crippen LogP contribution in [0.4, 0.5) is 4.39 Å². The molecule has 0 amide bonds. The Labute approximate surface area is 67.0 Å². The Kier molecular flexibility index (Phi) is 1.81. The lowest BCUT2D eigenvalue weighted by Crippen LogP contribution is -2.38. The van der Waals surface area contributed by atoms with Crippen molar-refractivity contribution in [3.05, 3.63) is 0 Å². The number of halogens is 1. The molecule has 0 radical (unpaired) electrons. The summed E-state index contributed by atoms with van der Waals surface area (Å²) >= 11 is 0. The maximum Gasteiger partial charge on any atom is 0.141 e. The summed E-state index contributed by atoms with van der Waals surface area (Å²) in [5, 5.41) is 0. The number of rotatable bonds is 0. The Balaban J connectivity index is 2.71. The van der Waals surface area contributed by atoms with Crippen molar-refractivity contribution in [3.63, 3.8) is 0 Å². The molecule has 1 fully saturated rings. The summed E-state index contributed by atoms with van der Waals surface area (Å²) in [5.74, 6) is 0.0637. The number of alkyl halides is 1. The molecule has 11 heavy (non-hydrogen) atoms. The van der Waals surface area contributed by atoms with Crippen LogP contribution in [0.5, 0.6) is 0 Å². The van der Waals surface area contributed by atoms with E-state index in [9.17, 15) is 9.18 Å². The molecule has 1 atom stereocenters. The highest BCUT2D eigenvalue weighted by molar-refractivity contribution is 5.85. The van der Waals surface area contributed by atoms with E-state index in [4.69, 9.17) is 0 Å². The highest BCUT2D eigenvalue weighted by atomic mass is 19.1. The van der Waals surface area contributed by atoms with Crippen LogP contribution in [0.1, 0.15) is 40.0 Å². The summed E-state index contributed by atoms with van der Waals surface area (Å²) in [5.41, 5.74) is -1.53. The van der Waals surface area contributed by atoms with Crippen LogP contribution in [0.2, 0.25) is 0 Å². The number of hydrogen-bond donors (Lipinski definition) is 0. The highest BCUT2D eigenvalue weighted by Crippen LogP contribution is 2.39. The number of hydrogen-bond acceptors (Lipinski definition) is 1. The largest absolute Gasteiger partial charge is 0.299 e. The van der Waals surface area contributed by atoms with Gasteiger partial charge in [-0.3, -0.25) is 4.79 Å². The van der Waals surface area contributed by atoms with Crippen molar-refractivity contribution in [2.75, 3.05) is 0 Å². The fraction of sp³-hybridized carbons (Fsp3) is 0.889. The third-order valence-corrected chi connectivity index (χ3v) is 2.56. The van der Waals surface area contributed by atoms with E-state index in [0.717, 1.165) is 0 Å². The monoisotopic (exact) mass is 158 g/mol. The Morgan fingerprint density at radius 1 is 1.27 bits per heavy atom. The fourth-order valence-corrected chi connectivity index (χ4v) is 1.37. The molecule has 0 N–H and O–H groups in total. The van der Waals surface area contributed by atoms with Gasteiger partial charge in [-0.2, -0.15) is 0 Å². The first-order valence-corrected chi connectivity index (χ1v) is 4.06. The zero-order chi connectivity index (χ0) is 8.70. The van der Waals surface area contributed by atoms with Crippen LogP contribution >= 0.6 is 0 Å². The van der Waals surface area contributed by atoms with Crippen LogP contribution in [-0.4, -0.2) is 11.5 Å². The highest BCUT2D eigenvalue weighted by Gasteiger charge is 2.41. The number of ketones is 1. The SMILES string of the molecule is CC1(F)CCC(C)(C)C(=O)C1. The van der Waals surface area contributed by atoms with Crippen molar-refractivity contribution in [1.82, 2.24) is 0 Å². The van der Waals surface area contributed by atoms with Crippen LogP contribution in [0.25, 0.3) is 0 Å². The Bertz CT molecular complexity index is 182. The molecule has 2 heteroatoms. The van der Waals surface area contributed by atoms with Crippen molar-refractivity contribution >= 4 is 5.78 Å². The molecule has 0 aromatic rings. The van der Waals surface area contributed by atoms with E-state index >= 15 is 0 Å². The minimum atomic E-state index is -1.24. The second kappa shape index (κ2) is 2.29. The molecule has 0 spiro atoms. The van der Waals surface area contributed by atoms with Gasteiger partial charge in [0.05, 0.1) is 0 Å². The van der Waals surface area contributed by atoms with E-state index in [1.807, 2.05) is 13.8 Å². The Morgan fingerprint density at radius 2 is 1.82 bits per heavy atom. The number of carbonyl (C=O) groups excluding carboxylic acids is 1. The van der Waals surface area contributed by atoms with Gasteiger partial charge in [0.1, 0.15) is 11.5 Å². The zero-order valence-corrected chi connectivity index (χ0v) is 7.41. The van der Waals surface area contributed by atoms with Gasteiger partial charge in [-0.25, -0.2) is 4.39 Å². The minimum Gasteiger partial charge on any atom is -0.299 e. The quantitative estimate of drug-likeness (QED) is 0.529. The van der Waals surface area contributed by atoms with Crippen molar-refractivity contribution in [1.29, 1.82) is 0 Å². The van der Waals surface area contributed by atoms with Crippen LogP contribution in [-0.2, 0) is 4.79 Å². The van der Waals surface area contributed by atoms with E-state index in [0.29, 0.717) is 12.8 Å². The summed E-state index contributed by atoms with van der Waals surface area (Å²) in [7, 11) is 0. The average Bonchev–Trinajstić information content (AvgIpc) is 1.81. The maximum atomic E-state index is 13.2. The van der Waals surface area contributed by atoms with Gasteiger partial charge in [0.15, 0.2) is 0 Å². The first-order chi connectivity index (χ1) is 4.83. The summed E-state index contributed by atoms with van der Waals surface area (Å²) in [6, 6.07) is 0. The molecule has 0 aromatic heterocycles. The molecule has 0 bridgehead atoms. The van der Waals surface area contributed by atoms with Gasteiger partial charge in [0.2, 0.25) is 0 Å². The first kappa shape index (κ1) is 8.69. The lowest BCUT2D eigenvalue weighted by Gasteiger charge is -2.34. The molecule has 1 saturated carbocycles. The predicted molar refractivity (Wildman–Crippen MR) is 42.2 cm³/mol. The third-order valence-electron chi connectivity index (χ3n) is 2.56. The molecule has 1 aliphatic rings. The third kappa shape index (κ3) is 1.79. The van der Waals surface area contributed by atoms with Crippen LogP contribution in [0.15, 0.2) is 0 Å². The molecule has 1 unspecified atom stereocenters. The molecule has 1 aliphatic carbocycles. The molecular formula is C9H15FO. The van der Waals surface area contributed by atoms with Gasteiger partial charge in [-0.15, -0.1) is 0 Å². The van der Waals surface area contributed by atoms with E-state index in [1.165, 1.54) is 6.92 Å².